The van der Waals surface area contributed by atoms with Gasteiger partial charge in [-0.25, -0.2) is 4.98 Å². The maximum Gasteiger partial charge on any atom is 0.221 e. The molecule has 0 atom stereocenters. The summed E-state index contributed by atoms with van der Waals surface area (Å²) < 4.78 is 1.27. The van der Waals surface area contributed by atoms with Gasteiger partial charge in [0.05, 0.1) is 4.47 Å². The summed E-state index contributed by atoms with van der Waals surface area (Å²) in [5.74, 6) is 1.08. The van der Waals surface area contributed by atoms with E-state index in [1.54, 1.807) is 6.20 Å². The van der Waals surface area contributed by atoms with Gasteiger partial charge in [-0.1, -0.05) is 0 Å². The molecule has 1 aromatic heterocycles. The summed E-state index contributed by atoms with van der Waals surface area (Å²) in [5, 5.41) is 3.31. The molecule has 1 heterocycles. The SMILES string of the molecule is CSC1(CNc2nc(N)ncc2Br)CC1. The van der Waals surface area contributed by atoms with Crippen LogP contribution in [-0.2, 0) is 0 Å². The Morgan fingerprint density at radius 2 is 2.40 bits per heavy atom. The molecule has 1 fully saturated rings. The van der Waals surface area contributed by atoms with E-state index >= 15 is 0 Å². The van der Waals surface area contributed by atoms with Gasteiger partial charge in [0, 0.05) is 17.5 Å². The van der Waals surface area contributed by atoms with Gasteiger partial charge in [-0.3, -0.25) is 0 Å². The summed E-state index contributed by atoms with van der Waals surface area (Å²) in [6.07, 6.45) is 6.38. The molecule has 0 saturated heterocycles. The van der Waals surface area contributed by atoms with E-state index in [9.17, 15) is 0 Å². The Kier molecular flexibility index (Phi) is 3.06. The van der Waals surface area contributed by atoms with Gasteiger partial charge in [-0.15, -0.1) is 0 Å². The highest BCUT2D eigenvalue weighted by molar-refractivity contribution is 9.10. The number of halogens is 1. The Labute approximate surface area is 102 Å². The van der Waals surface area contributed by atoms with Gasteiger partial charge in [-0.05, 0) is 35.0 Å². The molecular formula is C9H13BrN4S. The van der Waals surface area contributed by atoms with Crippen LogP contribution in [0.25, 0.3) is 0 Å². The highest BCUT2D eigenvalue weighted by atomic mass is 79.9. The fraction of sp³-hybridized carbons (Fsp3) is 0.556. The van der Waals surface area contributed by atoms with Crippen LogP contribution in [0.4, 0.5) is 11.8 Å². The topological polar surface area (TPSA) is 63.8 Å². The normalized spacial score (nSPS) is 17.5. The summed E-state index contributed by atoms with van der Waals surface area (Å²) in [6.45, 7) is 0.934. The van der Waals surface area contributed by atoms with Gasteiger partial charge in [0.15, 0.2) is 0 Å². The summed E-state index contributed by atoms with van der Waals surface area (Å²) in [4.78, 5) is 8.03. The van der Waals surface area contributed by atoms with Crippen molar-refractivity contribution in [3.63, 3.8) is 0 Å². The van der Waals surface area contributed by atoms with Crippen molar-refractivity contribution < 1.29 is 0 Å². The van der Waals surface area contributed by atoms with Gasteiger partial charge in [0.25, 0.3) is 0 Å². The van der Waals surface area contributed by atoms with E-state index in [-0.39, 0.29) is 0 Å². The van der Waals surface area contributed by atoms with Crippen LogP contribution in [0.5, 0.6) is 0 Å². The average molecular weight is 289 g/mol. The minimum atomic E-state index is 0.301. The van der Waals surface area contributed by atoms with Crippen LogP contribution in [0, 0.1) is 0 Å². The summed E-state index contributed by atoms with van der Waals surface area (Å²) in [7, 11) is 0. The molecule has 82 valence electrons. The van der Waals surface area contributed by atoms with Crippen molar-refractivity contribution >= 4 is 39.5 Å². The zero-order chi connectivity index (χ0) is 10.9. The van der Waals surface area contributed by atoms with E-state index in [4.69, 9.17) is 5.73 Å². The first-order valence-corrected chi connectivity index (χ1v) is 6.74. The highest BCUT2D eigenvalue weighted by Crippen LogP contribution is 2.47. The maximum atomic E-state index is 5.53. The molecule has 4 nitrogen and oxygen atoms in total. The minimum absolute atomic E-state index is 0.301. The van der Waals surface area contributed by atoms with Crippen LogP contribution in [0.3, 0.4) is 0 Å². The molecule has 1 aromatic rings. The van der Waals surface area contributed by atoms with Gasteiger partial charge in [0.1, 0.15) is 5.82 Å². The smallest absolute Gasteiger partial charge is 0.221 e. The average Bonchev–Trinajstić information content (AvgIpc) is 3.00. The van der Waals surface area contributed by atoms with Crippen molar-refractivity contribution in [3.05, 3.63) is 10.7 Å². The first-order valence-electron chi connectivity index (χ1n) is 4.72. The molecule has 0 radical (unpaired) electrons. The lowest BCUT2D eigenvalue weighted by Crippen LogP contribution is -2.18. The van der Waals surface area contributed by atoms with Crippen molar-refractivity contribution in [3.8, 4) is 0 Å². The lowest BCUT2D eigenvalue weighted by Gasteiger charge is -2.14. The lowest BCUT2D eigenvalue weighted by molar-refractivity contribution is 0.936. The van der Waals surface area contributed by atoms with Gasteiger partial charge >= 0.3 is 0 Å². The second kappa shape index (κ2) is 4.17. The molecule has 1 aliphatic rings. The van der Waals surface area contributed by atoms with E-state index in [1.165, 1.54) is 12.8 Å². The van der Waals surface area contributed by atoms with Crippen LogP contribution in [0.2, 0.25) is 0 Å². The molecule has 2 rings (SSSR count). The number of hydrogen-bond donors (Lipinski definition) is 2. The van der Waals surface area contributed by atoms with E-state index in [1.807, 2.05) is 11.8 Å². The summed E-state index contributed by atoms with van der Waals surface area (Å²) >= 11 is 5.31. The third-order valence-corrected chi connectivity index (χ3v) is 4.58. The summed E-state index contributed by atoms with van der Waals surface area (Å²) in [5.41, 5.74) is 5.53. The Morgan fingerprint density at radius 3 is 3.00 bits per heavy atom. The molecule has 0 bridgehead atoms. The first-order chi connectivity index (χ1) is 7.15. The molecule has 1 saturated carbocycles. The number of nitrogens with zero attached hydrogens (tertiary/aromatic N) is 2. The van der Waals surface area contributed by atoms with E-state index in [0.717, 1.165) is 16.8 Å². The van der Waals surface area contributed by atoms with Crippen molar-refractivity contribution in [1.82, 2.24) is 9.97 Å². The maximum absolute atomic E-state index is 5.53. The minimum Gasteiger partial charge on any atom is -0.368 e. The highest BCUT2D eigenvalue weighted by Gasteiger charge is 2.41. The zero-order valence-electron chi connectivity index (χ0n) is 8.46. The monoisotopic (exact) mass is 288 g/mol. The number of anilines is 2. The molecule has 0 aromatic carbocycles. The second-order valence-corrected chi connectivity index (χ2v) is 5.79. The van der Waals surface area contributed by atoms with Crippen LogP contribution in [-0.4, -0.2) is 27.5 Å². The van der Waals surface area contributed by atoms with Crippen LogP contribution >= 0.6 is 27.7 Å². The van der Waals surface area contributed by atoms with Crippen molar-refractivity contribution in [2.75, 3.05) is 23.9 Å². The molecule has 6 heteroatoms. The Bertz CT molecular complexity index is 367. The molecule has 0 aliphatic heterocycles. The quantitative estimate of drug-likeness (QED) is 0.889. The molecule has 1 aliphatic carbocycles. The van der Waals surface area contributed by atoms with Crippen molar-refractivity contribution in [2.24, 2.45) is 0 Å². The van der Waals surface area contributed by atoms with Crippen LogP contribution in [0.1, 0.15) is 12.8 Å². The first kappa shape index (κ1) is 11.0. The number of nitrogen functional groups attached to an aromatic ring is 1. The third kappa shape index (κ3) is 2.55. The fourth-order valence-electron chi connectivity index (χ4n) is 1.34. The van der Waals surface area contributed by atoms with Crippen molar-refractivity contribution in [1.29, 1.82) is 0 Å². The van der Waals surface area contributed by atoms with Gasteiger partial charge in [0.2, 0.25) is 5.95 Å². The Morgan fingerprint density at radius 1 is 1.67 bits per heavy atom. The van der Waals surface area contributed by atoms with Crippen LogP contribution < -0.4 is 11.1 Å². The predicted molar refractivity (Wildman–Crippen MR) is 68.1 cm³/mol. The number of rotatable bonds is 4. The number of aromatic nitrogens is 2. The fourth-order valence-corrected chi connectivity index (χ4v) is 2.40. The number of nitrogens with two attached hydrogens (primary N) is 1. The molecule has 0 spiro atoms. The molecule has 15 heavy (non-hydrogen) atoms. The Balaban J connectivity index is 2.01. The standard InChI is InChI=1S/C9H13BrN4S/c1-15-9(2-3-9)5-13-7-6(10)4-12-8(11)14-7/h4H,2-3,5H2,1H3,(H3,11,12,13,14). The summed E-state index contributed by atoms with van der Waals surface area (Å²) in [6, 6.07) is 0. The van der Waals surface area contributed by atoms with Gasteiger partial charge < -0.3 is 11.1 Å². The number of hydrogen-bond acceptors (Lipinski definition) is 5. The zero-order valence-corrected chi connectivity index (χ0v) is 10.9. The third-order valence-electron chi connectivity index (χ3n) is 2.58. The second-order valence-electron chi connectivity index (χ2n) is 3.67. The van der Waals surface area contributed by atoms with E-state index in [0.29, 0.717) is 10.7 Å². The predicted octanol–water partition coefficient (Wildman–Crippen LogP) is 2.13. The van der Waals surface area contributed by atoms with Gasteiger partial charge in [-0.2, -0.15) is 16.7 Å². The molecular weight excluding hydrogens is 276 g/mol. The number of thioether (sulfide) groups is 1. The molecule has 0 unspecified atom stereocenters. The lowest BCUT2D eigenvalue weighted by atomic mass is 10.4. The molecule has 3 N–H and O–H groups in total. The molecule has 0 amide bonds. The van der Waals surface area contributed by atoms with Crippen LogP contribution in [0.15, 0.2) is 10.7 Å². The largest absolute Gasteiger partial charge is 0.368 e. The van der Waals surface area contributed by atoms with E-state index in [2.05, 4.69) is 37.5 Å². The Hall–Kier alpha value is -0.490. The van der Waals surface area contributed by atoms with Crippen molar-refractivity contribution in [2.45, 2.75) is 17.6 Å². The number of nitrogens with one attached hydrogen (secondary N) is 1. The van der Waals surface area contributed by atoms with E-state index < -0.39 is 0 Å².